The highest BCUT2D eigenvalue weighted by Crippen LogP contribution is 2.37. The number of hydrogen-bond donors (Lipinski definition) is 1. The number of hydrogen-bond acceptors (Lipinski definition) is 9. The number of benzene rings is 1. The normalized spacial score (nSPS) is 15.1. The third-order valence-electron chi connectivity index (χ3n) is 8.61. The van der Waals surface area contributed by atoms with E-state index < -0.39 is 0 Å². The molecule has 11 nitrogen and oxygen atoms in total. The minimum Gasteiger partial charge on any atom is -0.389 e. The molecule has 2 fully saturated rings. The van der Waals surface area contributed by atoms with Gasteiger partial charge in [0.2, 0.25) is 0 Å². The summed E-state index contributed by atoms with van der Waals surface area (Å²) in [5.41, 5.74) is 4.69. The smallest absolute Gasteiger partial charge is 0.320 e. The molecule has 0 bridgehead atoms. The third-order valence-corrected chi connectivity index (χ3v) is 9.65. The van der Waals surface area contributed by atoms with Gasteiger partial charge in [-0.25, -0.2) is 29.1 Å². The van der Waals surface area contributed by atoms with Crippen LogP contribution in [0.15, 0.2) is 55.0 Å². The van der Waals surface area contributed by atoms with Gasteiger partial charge in [-0.3, -0.25) is 4.40 Å². The second-order valence-electron chi connectivity index (χ2n) is 11.8. The minimum absolute atomic E-state index is 0.0192. The van der Waals surface area contributed by atoms with Gasteiger partial charge >= 0.3 is 6.03 Å². The maximum Gasteiger partial charge on any atom is 0.320 e. The number of halogens is 1. The van der Waals surface area contributed by atoms with E-state index in [1.807, 2.05) is 52.0 Å². The Balaban J connectivity index is 1.07. The molecule has 0 radical (unpaired) electrons. The first kappa shape index (κ1) is 29.8. The van der Waals surface area contributed by atoms with Crippen molar-refractivity contribution in [1.29, 1.82) is 5.26 Å². The molecule has 234 valence electrons. The molecule has 2 aliphatic rings. The zero-order valence-electron chi connectivity index (χ0n) is 25.5. The largest absolute Gasteiger partial charge is 0.389 e. The molecule has 2 aliphatic heterocycles. The second kappa shape index (κ2) is 12.1. The summed E-state index contributed by atoms with van der Waals surface area (Å²) in [6.07, 6.45) is 7.66. The van der Waals surface area contributed by atoms with E-state index in [0.29, 0.717) is 46.7 Å². The highest BCUT2D eigenvalue weighted by molar-refractivity contribution is 7.16. The van der Waals surface area contributed by atoms with Gasteiger partial charge in [0, 0.05) is 61.8 Å². The molecule has 7 rings (SSSR count). The lowest BCUT2D eigenvalue weighted by molar-refractivity contribution is 0.000944. The van der Waals surface area contributed by atoms with Crippen molar-refractivity contribution < 1.29 is 14.3 Å². The van der Waals surface area contributed by atoms with Gasteiger partial charge < -0.3 is 19.8 Å². The number of pyridine rings is 1. The first-order chi connectivity index (χ1) is 22.3. The predicted octanol–water partition coefficient (Wildman–Crippen LogP) is 4.92. The Morgan fingerprint density at radius 1 is 1.04 bits per heavy atom. The van der Waals surface area contributed by atoms with E-state index in [1.165, 1.54) is 23.5 Å². The summed E-state index contributed by atoms with van der Waals surface area (Å²) < 4.78 is 15.6. The van der Waals surface area contributed by atoms with Crippen LogP contribution in [0.4, 0.5) is 20.1 Å². The number of nitrogens with zero attached hydrogens (tertiary/aromatic N) is 9. The Kier molecular flexibility index (Phi) is 7.84. The summed E-state index contributed by atoms with van der Waals surface area (Å²) in [6, 6.07) is 12.2. The molecule has 2 amide bonds. The number of carbonyl (C=O) groups excluding carboxylic acids is 1. The van der Waals surface area contributed by atoms with Crippen LogP contribution >= 0.6 is 11.3 Å². The van der Waals surface area contributed by atoms with Crippen LogP contribution in [0.1, 0.15) is 29.7 Å². The number of β-amino-alcohol motifs (C(OH)–C–C–N with tert-alkyl or cyclic N) is 1. The summed E-state index contributed by atoms with van der Waals surface area (Å²) in [4.78, 5) is 37.2. The molecule has 4 aromatic heterocycles. The number of anilines is 2. The van der Waals surface area contributed by atoms with Gasteiger partial charge in [0.1, 0.15) is 39.7 Å². The summed E-state index contributed by atoms with van der Waals surface area (Å²) >= 11 is 1.28. The molecule has 46 heavy (non-hydrogen) atoms. The van der Waals surface area contributed by atoms with E-state index in [0.717, 1.165) is 60.0 Å². The number of urea groups is 1. The third kappa shape index (κ3) is 5.54. The highest BCUT2D eigenvalue weighted by atomic mass is 32.1. The average molecular weight is 638 g/mol. The van der Waals surface area contributed by atoms with Crippen molar-refractivity contribution in [2.24, 2.45) is 5.92 Å². The van der Waals surface area contributed by atoms with E-state index in [9.17, 15) is 19.6 Å². The SMILES string of the molecule is CCc1nc2ccc(-c3cnc(CCC4CN(C(=O)N5CC(O)C5)C4)nc3)cn2c1N(C)c1nc(-c2ccc(F)cc2)c(C#N)s1. The van der Waals surface area contributed by atoms with Crippen molar-refractivity contribution in [2.75, 3.05) is 38.1 Å². The number of fused-ring (bicyclic) bond motifs is 1. The van der Waals surface area contributed by atoms with Crippen LogP contribution < -0.4 is 4.90 Å². The van der Waals surface area contributed by atoms with Crippen LogP contribution in [0.3, 0.4) is 0 Å². The minimum atomic E-state index is -0.383. The number of aryl methyl sites for hydroxylation is 2. The monoisotopic (exact) mass is 637 g/mol. The van der Waals surface area contributed by atoms with Gasteiger partial charge in [-0.15, -0.1) is 0 Å². The molecule has 0 aliphatic carbocycles. The first-order valence-electron chi connectivity index (χ1n) is 15.3. The number of likely N-dealkylation sites (tertiary alicyclic amines) is 2. The van der Waals surface area contributed by atoms with Crippen molar-refractivity contribution in [3.8, 4) is 28.5 Å². The van der Waals surface area contributed by atoms with Gasteiger partial charge in [-0.2, -0.15) is 5.26 Å². The van der Waals surface area contributed by atoms with E-state index in [2.05, 4.69) is 23.0 Å². The number of carbonyl (C=O) groups is 1. The number of amides is 2. The molecule has 0 saturated carbocycles. The first-order valence-corrected chi connectivity index (χ1v) is 16.1. The van der Waals surface area contributed by atoms with Crippen molar-refractivity contribution in [3.05, 3.63) is 77.2 Å². The number of thiazole rings is 1. The Bertz CT molecular complexity index is 1940. The van der Waals surface area contributed by atoms with Gasteiger partial charge in [-0.05, 0) is 55.2 Å². The molecule has 1 N–H and O–H groups in total. The van der Waals surface area contributed by atoms with Crippen LogP contribution in [0.25, 0.3) is 28.0 Å². The van der Waals surface area contributed by atoms with Crippen LogP contribution in [0.5, 0.6) is 0 Å². The van der Waals surface area contributed by atoms with Gasteiger partial charge in [0.25, 0.3) is 0 Å². The molecule has 2 saturated heterocycles. The Hall–Kier alpha value is -4.93. The van der Waals surface area contributed by atoms with Crippen molar-refractivity contribution in [2.45, 2.75) is 32.3 Å². The van der Waals surface area contributed by atoms with Crippen LogP contribution in [-0.4, -0.2) is 84.6 Å². The number of nitriles is 1. The summed E-state index contributed by atoms with van der Waals surface area (Å²) in [5, 5.41) is 19.9. The Morgan fingerprint density at radius 3 is 2.41 bits per heavy atom. The number of aromatic nitrogens is 5. The number of aliphatic hydroxyl groups excluding tert-OH is 1. The predicted molar refractivity (Wildman–Crippen MR) is 172 cm³/mol. The van der Waals surface area contributed by atoms with Gasteiger partial charge in [-0.1, -0.05) is 18.3 Å². The lowest BCUT2D eigenvalue weighted by atomic mass is 9.94. The standard InChI is InChI=1S/C33H32FN9O2S/c1-3-26-31(40(2)32-39-30(27(12-35)46-32)21-5-8-24(34)9-6-21)43-17-22(7-11-29(43)38-26)23-13-36-28(37-14-23)10-4-20-15-41(16-20)33(45)42-18-25(44)19-42/h5-9,11,13-14,17,20,25,44H,3-4,10,15-16,18-19H2,1-2H3. The fourth-order valence-electron chi connectivity index (χ4n) is 5.95. The number of imidazole rings is 1. The second-order valence-corrected chi connectivity index (χ2v) is 12.8. The lowest BCUT2D eigenvalue weighted by Gasteiger charge is -2.45. The van der Waals surface area contributed by atoms with Gasteiger partial charge in [0.15, 0.2) is 5.13 Å². The van der Waals surface area contributed by atoms with E-state index >= 15 is 0 Å². The summed E-state index contributed by atoms with van der Waals surface area (Å²) in [7, 11) is 1.91. The number of aliphatic hydroxyl groups is 1. The van der Waals surface area contributed by atoms with E-state index in [-0.39, 0.29) is 18.0 Å². The van der Waals surface area contributed by atoms with E-state index in [1.54, 1.807) is 17.0 Å². The fraction of sp³-hybridized carbons (Fsp3) is 0.333. The van der Waals surface area contributed by atoms with Crippen LogP contribution in [0, 0.1) is 23.1 Å². The topological polar surface area (TPSA) is 127 Å². The quantitative estimate of drug-likeness (QED) is 0.254. The Morgan fingerprint density at radius 2 is 1.74 bits per heavy atom. The van der Waals surface area contributed by atoms with Crippen molar-refractivity contribution in [1.82, 2.24) is 34.1 Å². The molecule has 0 spiro atoms. The molecular formula is C33H32FN9O2S. The zero-order valence-corrected chi connectivity index (χ0v) is 26.3. The van der Waals surface area contributed by atoms with Crippen LogP contribution in [0.2, 0.25) is 0 Å². The van der Waals surface area contributed by atoms with Crippen LogP contribution in [-0.2, 0) is 12.8 Å². The van der Waals surface area contributed by atoms with Crippen molar-refractivity contribution in [3.63, 3.8) is 0 Å². The summed E-state index contributed by atoms with van der Waals surface area (Å²) in [5.74, 6) is 1.70. The molecule has 6 heterocycles. The summed E-state index contributed by atoms with van der Waals surface area (Å²) in [6.45, 7) is 4.38. The lowest BCUT2D eigenvalue weighted by Crippen LogP contribution is -2.62. The maximum atomic E-state index is 13.5. The molecule has 5 aromatic rings. The maximum absolute atomic E-state index is 13.5. The van der Waals surface area contributed by atoms with Crippen molar-refractivity contribution >= 4 is 34.0 Å². The van der Waals surface area contributed by atoms with Gasteiger partial charge in [0.05, 0.1) is 24.9 Å². The Labute approximate surface area is 269 Å². The fourth-order valence-corrected chi connectivity index (χ4v) is 6.80. The number of rotatable bonds is 8. The molecule has 1 aromatic carbocycles. The molecule has 0 atom stereocenters. The highest BCUT2D eigenvalue weighted by Gasteiger charge is 2.37. The average Bonchev–Trinajstić information content (AvgIpc) is 3.64. The molecular weight excluding hydrogens is 605 g/mol. The molecule has 0 unspecified atom stereocenters. The van der Waals surface area contributed by atoms with E-state index in [4.69, 9.17) is 9.97 Å². The zero-order chi connectivity index (χ0) is 31.9. The molecule has 13 heteroatoms.